The Morgan fingerprint density at radius 1 is 1.50 bits per heavy atom. The number of rotatable bonds is 7. The summed E-state index contributed by atoms with van der Waals surface area (Å²) in [5.41, 5.74) is 0. The number of thiazole rings is 1. The van der Waals surface area contributed by atoms with Crippen LogP contribution >= 0.6 is 11.3 Å². The highest BCUT2D eigenvalue weighted by molar-refractivity contribution is 7.11. The third kappa shape index (κ3) is 5.79. The second-order valence-electron chi connectivity index (χ2n) is 3.86. The van der Waals surface area contributed by atoms with Crippen LogP contribution in [0.3, 0.4) is 0 Å². The van der Waals surface area contributed by atoms with Gasteiger partial charge in [-0.15, -0.1) is 11.3 Å². The highest BCUT2D eigenvalue weighted by atomic mass is 32.1. The maximum atomic E-state index is 11.8. The Bertz CT molecular complexity index is 354. The number of nitrogens with zero attached hydrogens (tertiary/aromatic N) is 1. The minimum atomic E-state index is -4.25. The summed E-state index contributed by atoms with van der Waals surface area (Å²) in [6.07, 6.45) is -1.48. The van der Waals surface area contributed by atoms with Crippen LogP contribution in [0.4, 0.5) is 13.2 Å². The van der Waals surface area contributed by atoms with Gasteiger partial charge in [0.15, 0.2) is 0 Å². The van der Waals surface area contributed by atoms with Crippen LogP contribution < -0.4 is 5.32 Å². The van der Waals surface area contributed by atoms with Crippen molar-refractivity contribution in [3.05, 3.63) is 16.1 Å². The molecule has 1 rings (SSSR count). The zero-order chi connectivity index (χ0) is 13.6. The molecule has 0 spiro atoms. The molecule has 0 amide bonds. The number of aromatic nitrogens is 1. The average Bonchev–Trinajstić information content (AvgIpc) is 2.75. The Labute approximate surface area is 108 Å². The van der Waals surface area contributed by atoms with Gasteiger partial charge in [-0.2, -0.15) is 13.2 Å². The standard InChI is InChI=1S/C11H17F3N2OS/c1-3-9-6-16-10(18-9)8(2)15-4-5-17-7-11(12,13)14/h6,8,15H,3-5,7H2,1-2H3. The van der Waals surface area contributed by atoms with Gasteiger partial charge in [-0.25, -0.2) is 4.98 Å². The van der Waals surface area contributed by atoms with Crippen molar-refractivity contribution in [2.75, 3.05) is 19.8 Å². The molecule has 0 aliphatic heterocycles. The first kappa shape index (κ1) is 15.4. The van der Waals surface area contributed by atoms with E-state index in [9.17, 15) is 13.2 Å². The maximum absolute atomic E-state index is 11.8. The van der Waals surface area contributed by atoms with Gasteiger partial charge in [-0.1, -0.05) is 6.92 Å². The summed E-state index contributed by atoms with van der Waals surface area (Å²) in [7, 11) is 0. The minimum Gasteiger partial charge on any atom is -0.371 e. The van der Waals surface area contributed by atoms with Gasteiger partial charge in [0.05, 0.1) is 12.6 Å². The molecule has 0 bridgehead atoms. The molecule has 0 aromatic carbocycles. The van der Waals surface area contributed by atoms with Crippen LogP contribution in [0.25, 0.3) is 0 Å². The quantitative estimate of drug-likeness (QED) is 0.781. The van der Waals surface area contributed by atoms with Crippen molar-refractivity contribution < 1.29 is 17.9 Å². The van der Waals surface area contributed by atoms with Crippen LogP contribution in [0.1, 0.15) is 29.8 Å². The lowest BCUT2D eigenvalue weighted by atomic mass is 10.3. The monoisotopic (exact) mass is 282 g/mol. The summed E-state index contributed by atoms with van der Waals surface area (Å²) in [6, 6.07) is 0.0322. The topological polar surface area (TPSA) is 34.2 Å². The molecule has 7 heteroatoms. The molecule has 0 saturated carbocycles. The fourth-order valence-electron chi connectivity index (χ4n) is 1.31. The van der Waals surface area contributed by atoms with Crippen LogP contribution in [0, 0.1) is 0 Å². The molecule has 104 valence electrons. The molecule has 1 N–H and O–H groups in total. The lowest BCUT2D eigenvalue weighted by Crippen LogP contribution is -2.25. The number of hydrogen-bond donors (Lipinski definition) is 1. The Morgan fingerprint density at radius 2 is 2.22 bits per heavy atom. The van der Waals surface area contributed by atoms with Crippen molar-refractivity contribution in [3.63, 3.8) is 0 Å². The molecule has 1 atom stereocenters. The van der Waals surface area contributed by atoms with Crippen molar-refractivity contribution in [3.8, 4) is 0 Å². The fraction of sp³-hybridized carbons (Fsp3) is 0.727. The van der Waals surface area contributed by atoms with Gasteiger partial charge in [0, 0.05) is 17.6 Å². The largest absolute Gasteiger partial charge is 0.411 e. The summed E-state index contributed by atoms with van der Waals surface area (Å²) >= 11 is 1.61. The molecule has 0 saturated heterocycles. The normalized spacial score (nSPS) is 13.8. The minimum absolute atomic E-state index is 0.0322. The molecule has 1 aromatic rings. The van der Waals surface area contributed by atoms with Gasteiger partial charge in [0.2, 0.25) is 0 Å². The smallest absolute Gasteiger partial charge is 0.371 e. The maximum Gasteiger partial charge on any atom is 0.411 e. The first-order valence-corrected chi connectivity index (χ1v) is 6.56. The van der Waals surface area contributed by atoms with Crippen molar-refractivity contribution in [1.82, 2.24) is 10.3 Å². The number of halogens is 3. The highest BCUT2D eigenvalue weighted by Crippen LogP contribution is 2.20. The molecule has 0 aliphatic rings. The van der Waals surface area contributed by atoms with Gasteiger partial charge in [0.25, 0.3) is 0 Å². The SMILES string of the molecule is CCc1cnc(C(C)NCCOCC(F)(F)F)s1. The molecule has 1 unspecified atom stereocenters. The molecule has 0 aliphatic carbocycles. The van der Waals surface area contributed by atoms with Crippen LogP contribution in [0.15, 0.2) is 6.20 Å². The van der Waals surface area contributed by atoms with E-state index in [2.05, 4.69) is 22.0 Å². The van der Waals surface area contributed by atoms with Crippen LogP contribution in [-0.4, -0.2) is 30.9 Å². The molecular weight excluding hydrogens is 265 g/mol. The first-order valence-electron chi connectivity index (χ1n) is 5.75. The summed E-state index contributed by atoms with van der Waals surface area (Å²) in [4.78, 5) is 5.46. The summed E-state index contributed by atoms with van der Waals surface area (Å²) < 4.78 is 39.9. The van der Waals surface area contributed by atoms with Gasteiger partial charge >= 0.3 is 6.18 Å². The third-order valence-electron chi connectivity index (χ3n) is 2.25. The molecule has 3 nitrogen and oxygen atoms in total. The van der Waals surface area contributed by atoms with E-state index in [1.165, 1.54) is 4.88 Å². The van der Waals surface area contributed by atoms with Gasteiger partial charge < -0.3 is 10.1 Å². The second kappa shape index (κ2) is 7.06. The van der Waals surface area contributed by atoms with Crippen LogP contribution in [-0.2, 0) is 11.2 Å². The summed E-state index contributed by atoms with van der Waals surface area (Å²) in [5.74, 6) is 0. The zero-order valence-electron chi connectivity index (χ0n) is 10.4. The second-order valence-corrected chi connectivity index (χ2v) is 5.01. The zero-order valence-corrected chi connectivity index (χ0v) is 11.2. The Morgan fingerprint density at radius 3 is 2.78 bits per heavy atom. The van der Waals surface area contributed by atoms with E-state index in [0.29, 0.717) is 6.54 Å². The Kier molecular flexibility index (Phi) is 6.04. The number of ether oxygens (including phenoxy) is 1. The van der Waals surface area contributed by atoms with E-state index in [-0.39, 0.29) is 12.6 Å². The van der Waals surface area contributed by atoms with E-state index < -0.39 is 12.8 Å². The van der Waals surface area contributed by atoms with Crippen LogP contribution in [0.5, 0.6) is 0 Å². The lowest BCUT2D eigenvalue weighted by Gasteiger charge is -2.12. The van der Waals surface area contributed by atoms with Crippen molar-refractivity contribution in [1.29, 1.82) is 0 Å². The number of hydrogen-bond acceptors (Lipinski definition) is 4. The molecule has 1 heterocycles. The number of aryl methyl sites for hydroxylation is 1. The Hall–Kier alpha value is -0.660. The fourth-order valence-corrected chi connectivity index (χ4v) is 2.19. The van der Waals surface area contributed by atoms with E-state index in [0.717, 1.165) is 11.4 Å². The number of nitrogens with one attached hydrogen (secondary N) is 1. The first-order chi connectivity index (χ1) is 8.42. The highest BCUT2D eigenvalue weighted by Gasteiger charge is 2.27. The lowest BCUT2D eigenvalue weighted by molar-refractivity contribution is -0.173. The summed E-state index contributed by atoms with van der Waals surface area (Å²) in [6.45, 7) is 3.21. The van der Waals surface area contributed by atoms with E-state index in [4.69, 9.17) is 0 Å². The van der Waals surface area contributed by atoms with E-state index >= 15 is 0 Å². The Balaban J connectivity index is 2.19. The molecule has 0 radical (unpaired) electrons. The molecule has 18 heavy (non-hydrogen) atoms. The van der Waals surface area contributed by atoms with Crippen LogP contribution in [0.2, 0.25) is 0 Å². The number of alkyl halides is 3. The molecular formula is C11H17F3N2OS. The average molecular weight is 282 g/mol. The van der Waals surface area contributed by atoms with Crippen molar-refractivity contribution in [2.24, 2.45) is 0 Å². The van der Waals surface area contributed by atoms with E-state index in [1.807, 2.05) is 13.1 Å². The van der Waals surface area contributed by atoms with Crippen molar-refractivity contribution >= 4 is 11.3 Å². The van der Waals surface area contributed by atoms with Crippen molar-refractivity contribution in [2.45, 2.75) is 32.5 Å². The predicted octanol–water partition coefficient (Wildman–Crippen LogP) is 2.94. The predicted molar refractivity (Wildman–Crippen MR) is 64.8 cm³/mol. The van der Waals surface area contributed by atoms with Gasteiger partial charge in [0.1, 0.15) is 11.6 Å². The van der Waals surface area contributed by atoms with E-state index in [1.54, 1.807) is 11.3 Å². The third-order valence-corrected chi connectivity index (χ3v) is 3.58. The summed E-state index contributed by atoms with van der Waals surface area (Å²) in [5, 5.41) is 4.03. The van der Waals surface area contributed by atoms with Gasteiger partial charge in [-0.3, -0.25) is 0 Å². The molecule has 1 aromatic heterocycles. The van der Waals surface area contributed by atoms with Gasteiger partial charge in [-0.05, 0) is 13.3 Å². The molecule has 0 fully saturated rings.